The third-order valence-electron chi connectivity index (χ3n) is 1.91. The zero-order chi connectivity index (χ0) is 13.8. The molecule has 0 aliphatic heterocycles. The van der Waals surface area contributed by atoms with Crippen molar-refractivity contribution < 1.29 is 18.1 Å². The molecular weight excluding hydrogens is 350 g/mol. The van der Waals surface area contributed by atoms with Gasteiger partial charge in [0.15, 0.2) is 5.75 Å². The Hall–Kier alpha value is -0.860. The summed E-state index contributed by atoms with van der Waals surface area (Å²) in [5, 5.41) is 10.8. The second kappa shape index (κ2) is 6.35. The van der Waals surface area contributed by atoms with Crippen LogP contribution < -0.4 is 4.74 Å². The highest BCUT2D eigenvalue weighted by atomic mass is 79.9. The molecule has 100 valence electrons. The number of hydrogen-bond acceptors (Lipinski definition) is 5. The van der Waals surface area contributed by atoms with E-state index in [0.29, 0.717) is 4.47 Å². The maximum atomic E-state index is 10.8. The van der Waals surface area contributed by atoms with Crippen LogP contribution in [0.4, 0.5) is 5.69 Å². The number of hydrogen-bond donors (Lipinski definition) is 0. The van der Waals surface area contributed by atoms with Crippen LogP contribution in [0.3, 0.4) is 0 Å². The second-order valence-electron chi connectivity index (χ2n) is 3.31. The van der Waals surface area contributed by atoms with Crippen molar-refractivity contribution in [1.29, 1.82) is 0 Å². The van der Waals surface area contributed by atoms with Gasteiger partial charge in [-0.25, -0.2) is 8.42 Å². The Bertz CT molecular complexity index is 548. The molecule has 0 amide bonds. The van der Waals surface area contributed by atoms with Crippen LogP contribution in [-0.4, -0.2) is 25.7 Å². The number of nitrogens with zero attached hydrogens (tertiary/aromatic N) is 1. The highest BCUT2D eigenvalue weighted by Crippen LogP contribution is 2.30. The van der Waals surface area contributed by atoms with Crippen molar-refractivity contribution in [3.05, 3.63) is 32.8 Å². The molecule has 0 fully saturated rings. The largest absolute Gasteiger partial charge is 0.487 e. The van der Waals surface area contributed by atoms with Gasteiger partial charge in [-0.1, -0.05) is 15.9 Å². The van der Waals surface area contributed by atoms with Crippen molar-refractivity contribution >= 4 is 41.4 Å². The van der Waals surface area contributed by atoms with Crippen molar-refractivity contribution in [2.24, 2.45) is 0 Å². The SMILES string of the molecule is O=[N+]([O-])c1cc(Br)ccc1OCCCS(=O)(=O)Cl. The Morgan fingerprint density at radius 3 is 2.67 bits per heavy atom. The highest BCUT2D eigenvalue weighted by molar-refractivity contribution is 9.10. The molecule has 0 bridgehead atoms. The van der Waals surface area contributed by atoms with Gasteiger partial charge in [0.2, 0.25) is 9.05 Å². The minimum Gasteiger partial charge on any atom is -0.487 e. The molecule has 0 atom stereocenters. The fraction of sp³-hybridized carbons (Fsp3) is 0.333. The van der Waals surface area contributed by atoms with Crippen LogP contribution >= 0.6 is 26.6 Å². The summed E-state index contributed by atoms with van der Waals surface area (Å²) in [6.07, 6.45) is 0.166. The Labute approximate surface area is 117 Å². The summed E-state index contributed by atoms with van der Waals surface area (Å²) in [5.74, 6) is -0.144. The van der Waals surface area contributed by atoms with Crippen molar-refractivity contribution in [2.45, 2.75) is 6.42 Å². The van der Waals surface area contributed by atoms with Crippen LogP contribution in [0.1, 0.15) is 6.42 Å². The van der Waals surface area contributed by atoms with Gasteiger partial charge in [-0.05, 0) is 18.6 Å². The standard InChI is InChI=1S/C9H9BrClNO5S/c10-7-2-3-9(8(6-7)12(13)14)17-4-1-5-18(11,15)16/h2-3,6H,1,4-5H2. The first-order chi connectivity index (χ1) is 8.29. The van der Waals surface area contributed by atoms with Gasteiger partial charge in [-0.2, -0.15) is 0 Å². The van der Waals surface area contributed by atoms with E-state index >= 15 is 0 Å². The molecule has 0 aliphatic carbocycles. The Morgan fingerprint density at radius 2 is 2.11 bits per heavy atom. The maximum Gasteiger partial charge on any atom is 0.312 e. The number of rotatable bonds is 6. The molecule has 0 radical (unpaired) electrons. The lowest BCUT2D eigenvalue weighted by molar-refractivity contribution is -0.385. The molecule has 0 N–H and O–H groups in total. The average molecular weight is 359 g/mol. The van der Waals surface area contributed by atoms with Gasteiger partial charge in [0.1, 0.15) is 0 Å². The molecule has 0 aliphatic rings. The molecule has 9 heteroatoms. The van der Waals surface area contributed by atoms with Gasteiger partial charge in [0.05, 0.1) is 17.3 Å². The van der Waals surface area contributed by atoms with Crippen LogP contribution in [0.5, 0.6) is 5.75 Å². The first kappa shape index (κ1) is 15.2. The van der Waals surface area contributed by atoms with Crippen LogP contribution in [0, 0.1) is 10.1 Å². The third kappa shape index (κ3) is 5.19. The van der Waals surface area contributed by atoms with E-state index in [2.05, 4.69) is 15.9 Å². The van der Waals surface area contributed by atoms with Crippen molar-refractivity contribution in [1.82, 2.24) is 0 Å². The van der Waals surface area contributed by atoms with Gasteiger partial charge in [0, 0.05) is 21.2 Å². The van der Waals surface area contributed by atoms with E-state index in [9.17, 15) is 18.5 Å². The number of ether oxygens (including phenoxy) is 1. The van der Waals surface area contributed by atoms with E-state index in [0.717, 1.165) is 0 Å². The van der Waals surface area contributed by atoms with E-state index in [1.165, 1.54) is 12.1 Å². The third-order valence-corrected chi connectivity index (χ3v) is 3.64. The molecule has 1 aromatic rings. The number of benzene rings is 1. The molecule has 1 aromatic carbocycles. The highest BCUT2D eigenvalue weighted by Gasteiger charge is 2.15. The molecule has 0 saturated carbocycles. The van der Waals surface area contributed by atoms with E-state index in [1.54, 1.807) is 6.07 Å². The Balaban J connectivity index is 2.65. The summed E-state index contributed by atoms with van der Waals surface area (Å²) in [4.78, 5) is 10.2. The maximum absolute atomic E-state index is 10.8. The monoisotopic (exact) mass is 357 g/mol. The molecule has 0 unspecified atom stereocenters. The van der Waals surface area contributed by atoms with Gasteiger partial charge in [-0.3, -0.25) is 10.1 Å². The van der Waals surface area contributed by atoms with E-state index < -0.39 is 14.0 Å². The lowest BCUT2D eigenvalue weighted by Gasteiger charge is -2.06. The predicted octanol–water partition coefficient (Wildman–Crippen LogP) is 2.69. The molecule has 0 saturated heterocycles. The number of halogens is 2. The summed E-state index contributed by atoms with van der Waals surface area (Å²) in [7, 11) is 1.46. The fourth-order valence-electron chi connectivity index (χ4n) is 1.17. The van der Waals surface area contributed by atoms with Crippen molar-refractivity contribution in [3.8, 4) is 5.75 Å². The Kier molecular flexibility index (Phi) is 5.36. The molecule has 0 spiro atoms. The lowest BCUT2D eigenvalue weighted by Crippen LogP contribution is -2.06. The minimum absolute atomic E-state index is 0.0361. The molecule has 0 heterocycles. The summed E-state index contributed by atoms with van der Waals surface area (Å²) in [6.45, 7) is 0.0361. The van der Waals surface area contributed by atoms with E-state index in [4.69, 9.17) is 15.4 Å². The van der Waals surface area contributed by atoms with Crippen molar-refractivity contribution in [2.75, 3.05) is 12.4 Å². The van der Waals surface area contributed by atoms with Crippen molar-refractivity contribution in [3.63, 3.8) is 0 Å². The van der Waals surface area contributed by atoms with Gasteiger partial charge >= 0.3 is 5.69 Å². The summed E-state index contributed by atoms with van der Waals surface area (Å²) in [5.41, 5.74) is -0.182. The topological polar surface area (TPSA) is 86.5 Å². The summed E-state index contributed by atoms with van der Waals surface area (Å²) in [6, 6.07) is 4.35. The number of nitro benzene ring substituents is 1. The number of nitro groups is 1. The van der Waals surface area contributed by atoms with E-state index in [-0.39, 0.29) is 30.2 Å². The fourth-order valence-corrected chi connectivity index (χ4v) is 2.31. The zero-order valence-electron chi connectivity index (χ0n) is 9.01. The zero-order valence-corrected chi connectivity index (χ0v) is 12.2. The molecule has 6 nitrogen and oxygen atoms in total. The minimum atomic E-state index is -3.56. The lowest BCUT2D eigenvalue weighted by atomic mass is 10.3. The predicted molar refractivity (Wildman–Crippen MR) is 70.5 cm³/mol. The average Bonchev–Trinajstić information content (AvgIpc) is 2.24. The summed E-state index contributed by atoms with van der Waals surface area (Å²) < 4.78 is 27.0. The first-order valence-electron chi connectivity index (χ1n) is 4.78. The molecule has 1 rings (SSSR count). The second-order valence-corrected chi connectivity index (χ2v) is 7.13. The van der Waals surface area contributed by atoms with Crippen LogP contribution in [0.25, 0.3) is 0 Å². The Morgan fingerprint density at radius 1 is 1.44 bits per heavy atom. The van der Waals surface area contributed by atoms with E-state index in [1.807, 2.05) is 0 Å². The molecule has 18 heavy (non-hydrogen) atoms. The van der Waals surface area contributed by atoms with Gasteiger partial charge < -0.3 is 4.74 Å². The smallest absolute Gasteiger partial charge is 0.312 e. The quantitative estimate of drug-likeness (QED) is 0.338. The van der Waals surface area contributed by atoms with Gasteiger partial charge in [-0.15, -0.1) is 0 Å². The first-order valence-corrected chi connectivity index (χ1v) is 8.06. The van der Waals surface area contributed by atoms with Crippen LogP contribution in [0.15, 0.2) is 22.7 Å². The van der Waals surface area contributed by atoms with Crippen LogP contribution in [0.2, 0.25) is 0 Å². The molecular formula is C9H9BrClNO5S. The normalized spacial score (nSPS) is 11.2. The van der Waals surface area contributed by atoms with Crippen LogP contribution in [-0.2, 0) is 9.05 Å². The molecule has 0 aromatic heterocycles. The summed E-state index contributed by atoms with van der Waals surface area (Å²) >= 11 is 3.12. The van der Waals surface area contributed by atoms with Gasteiger partial charge in [0.25, 0.3) is 0 Å².